The van der Waals surface area contributed by atoms with Gasteiger partial charge in [0.05, 0.1) is 11.2 Å². The molecule has 6 heteroatoms. The molecule has 2 aromatic heterocycles. The second kappa shape index (κ2) is 7.08. The first-order valence-electron chi connectivity index (χ1n) is 7.66. The van der Waals surface area contributed by atoms with Gasteiger partial charge >= 0.3 is 0 Å². The third-order valence-electron chi connectivity index (χ3n) is 3.76. The highest BCUT2D eigenvalue weighted by atomic mass is 35.5. The smallest absolute Gasteiger partial charge is 0.122 e. The number of hydrogen-bond acceptors (Lipinski definition) is 3. The molecule has 4 rings (SSSR count). The molecule has 25 heavy (non-hydrogen) atoms. The Morgan fingerprint density at radius 1 is 0.960 bits per heavy atom. The fourth-order valence-electron chi connectivity index (χ4n) is 2.55. The second-order valence-electron chi connectivity index (χ2n) is 5.52. The summed E-state index contributed by atoms with van der Waals surface area (Å²) in [5, 5.41) is 7.05. The van der Waals surface area contributed by atoms with E-state index in [9.17, 15) is 0 Å². The number of halogens is 2. The predicted octanol–water partition coefficient (Wildman–Crippen LogP) is 6.00. The fraction of sp³-hybridized carbons (Fsp3) is 0.0526. The fourth-order valence-corrected chi connectivity index (χ4v) is 3.81. The maximum absolute atomic E-state index is 6.06. The van der Waals surface area contributed by atoms with E-state index in [-0.39, 0.29) is 0 Å². The lowest BCUT2D eigenvalue weighted by Crippen LogP contribution is -1.91. The van der Waals surface area contributed by atoms with Gasteiger partial charge in [-0.3, -0.25) is 0 Å². The van der Waals surface area contributed by atoms with Gasteiger partial charge in [0, 0.05) is 33.8 Å². The third-order valence-corrected chi connectivity index (χ3v) is 5.31. The summed E-state index contributed by atoms with van der Waals surface area (Å²) < 4.78 is 1.86. The molecule has 2 heterocycles. The van der Waals surface area contributed by atoms with Crippen LogP contribution in [0.5, 0.6) is 0 Å². The quantitative estimate of drug-likeness (QED) is 0.403. The monoisotopic (exact) mass is 385 g/mol. The summed E-state index contributed by atoms with van der Waals surface area (Å²) in [6, 6.07) is 17.6. The molecule has 0 radical (unpaired) electrons. The highest BCUT2D eigenvalue weighted by Gasteiger charge is 2.10. The van der Waals surface area contributed by atoms with E-state index in [1.165, 1.54) is 5.56 Å². The highest BCUT2D eigenvalue weighted by Crippen LogP contribution is 2.29. The van der Waals surface area contributed by atoms with Gasteiger partial charge < -0.3 is 0 Å². The maximum atomic E-state index is 6.06. The molecular weight excluding hydrogens is 373 g/mol. The van der Waals surface area contributed by atoms with Crippen molar-refractivity contribution < 1.29 is 0 Å². The number of hydrogen-bond donors (Lipinski definition) is 0. The number of aromatic nitrogens is 3. The molecule has 4 aromatic rings. The predicted molar refractivity (Wildman–Crippen MR) is 104 cm³/mol. The number of nitrogens with zero attached hydrogens (tertiary/aromatic N) is 3. The molecule has 0 fully saturated rings. The van der Waals surface area contributed by atoms with E-state index in [0.29, 0.717) is 5.02 Å². The summed E-state index contributed by atoms with van der Waals surface area (Å²) in [4.78, 5) is 4.51. The largest absolute Gasteiger partial charge is 0.246 e. The molecule has 124 valence electrons. The molecule has 0 bridgehead atoms. The molecule has 0 spiro atoms. The van der Waals surface area contributed by atoms with Gasteiger partial charge in [0.25, 0.3) is 0 Å². The summed E-state index contributed by atoms with van der Waals surface area (Å²) in [5.74, 6) is 0.800. The Morgan fingerprint density at radius 3 is 2.60 bits per heavy atom. The van der Waals surface area contributed by atoms with E-state index < -0.39 is 0 Å². The zero-order valence-corrected chi connectivity index (χ0v) is 15.4. The van der Waals surface area contributed by atoms with Crippen molar-refractivity contribution in [1.29, 1.82) is 0 Å². The SMILES string of the molecule is Clc1ccc(-c2cc3c(SCc4cccc(Cl)c4)nccn3n2)cc1. The van der Waals surface area contributed by atoms with Crippen LogP contribution in [0.25, 0.3) is 16.8 Å². The zero-order valence-electron chi connectivity index (χ0n) is 13.1. The summed E-state index contributed by atoms with van der Waals surface area (Å²) in [7, 11) is 0. The van der Waals surface area contributed by atoms with Gasteiger partial charge in [-0.05, 0) is 35.9 Å². The number of rotatable bonds is 4. The minimum atomic E-state index is 0.715. The average molecular weight is 386 g/mol. The van der Waals surface area contributed by atoms with Gasteiger partial charge in [-0.1, -0.05) is 59.2 Å². The van der Waals surface area contributed by atoms with Crippen molar-refractivity contribution in [1.82, 2.24) is 14.6 Å². The van der Waals surface area contributed by atoms with Gasteiger partial charge in [0.1, 0.15) is 5.03 Å². The molecule has 0 aliphatic rings. The average Bonchev–Trinajstić information content (AvgIpc) is 3.05. The lowest BCUT2D eigenvalue weighted by molar-refractivity contribution is 0.920. The van der Waals surface area contributed by atoms with E-state index in [1.807, 2.05) is 53.2 Å². The minimum absolute atomic E-state index is 0.715. The normalized spacial score (nSPS) is 11.1. The van der Waals surface area contributed by atoms with Crippen LogP contribution < -0.4 is 0 Å². The van der Waals surface area contributed by atoms with Crippen molar-refractivity contribution in [3.05, 3.63) is 82.6 Å². The zero-order chi connectivity index (χ0) is 17.2. The molecular formula is C19H13Cl2N3S. The Bertz CT molecular complexity index is 1030. The molecule has 2 aromatic carbocycles. The van der Waals surface area contributed by atoms with E-state index in [4.69, 9.17) is 23.2 Å². The van der Waals surface area contributed by atoms with Gasteiger partial charge in [0.15, 0.2) is 0 Å². The van der Waals surface area contributed by atoms with Crippen molar-refractivity contribution in [3.8, 4) is 11.3 Å². The summed E-state index contributed by atoms with van der Waals surface area (Å²) in [6.45, 7) is 0. The first-order valence-corrected chi connectivity index (χ1v) is 9.41. The number of thioether (sulfide) groups is 1. The Balaban J connectivity index is 1.64. The van der Waals surface area contributed by atoms with Crippen LogP contribution in [0.2, 0.25) is 10.0 Å². The summed E-state index contributed by atoms with van der Waals surface area (Å²) >= 11 is 13.7. The molecule has 0 unspecified atom stereocenters. The highest BCUT2D eigenvalue weighted by molar-refractivity contribution is 7.98. The lowest BCUT2D eigenvalue weighted by atomic mass is 10.1. The first-order chi connectivity index (χ1) is 12.2. The molecule has 3 nitrogen and oxygen atoms in total. The molecule has 0 aliphatic heterocycles. The van der Waals surface area contributed by atoms with Crippen LogP contribution in [-0.4, -0.2) is 14.6 Å². The third kappa shape index (κ3) is 3.66. The molecule has 0 amide bonds. The maximum Gasteiger partial charge on any atom is 0.122 e. The van der Waals surface area contributed by atoms with Crippen molar-refractivity contribution in [2.75, 3.05) is 0 Å². The Labute approximate surface area is 159 Å². The lowest BCUT2D eigenvalue weighted by Gasteiger charge is -2.03. The van der Waals surface area contributed by atoms with Crippen LogP contribution in [-0.2, 0) is 5.75 Å². The topological polar surface area (TPSA) is 30.2 Å². The van der Waals surface area contributed by atoms with Crippen molar-refractivity contribution >= 4 is 40.5 Å². The van der Waals surface area contributed by atoms with Crippen molar-refractivity contribution in [2.45, 2.75) is 10.8 Å². The Hall–Kier alpha value is -2.01. The molecule has 0 N–H and O–H groups in total. The van der Waals surface area contributed by atoms with Crippen LogP contribution in [0.1, 0.15) is 5.56 Å². The van der Waals surface area contributed by atoms with Crippen LogP contribution in [0, 0.1) is 0 Å². The number of benzene rings is 2. The Morgan fingerprint density at radius 2 is 1.80 bits per heavy atom. The van der Waals surface area contributed by atoms with Gasteiger partial charge in [-0.15, -0.1) is 0 Å². The van der Waals surface area contributed by atoms with E-state index in [0.717, 1.165) is 32.6 Å². The second-order valence-corrected chi connectivity index (χ2v) is 7.35. The standard InChI is InChI=1S/C19H13Cl2N3S/c20-15-6-4-14(5-7-15)17-11-18-19(22-8-9-24(18)23-17)25-12-13-2-1-3-16(21)10-13/h1-11H,12H2. The summed E-state index contributed by atoms with van der Waals surface area (Å²) in [5.41, 5.74) is 4.08. The van der Waals surface area contributed by atoms with Crippen LogP contribution >= 0.6 is 35.0 Å². The van der Waals surface area contributed by atoms with Gasteiger partial charge in [-0.2, -0.15) is 5.10 Å². The first kappa shape index (κ1) is 16.5. The minimum Gasteiger partial charge on any atom is -0.246 e. The molecule has 0 saturated heterocycles. The molecule has 0 aliphatic carbocycles. The molecule has 0 atom stereocenters. The molecule has 0 saturated carbocycles. The van der Waals surface area contributed by atoms with Crippen molar-refractivity contribution in [2.24, 2.45) is 0 Å². The number of fused-ring (bicyclic) bond motifs is 1. The van der Waals surface area contributed by atoms with E-state index in [2.05, 4.69) is 22.2 Å². The van der Waals surface area contributed by atoms with Crippen molar-refractivity contribution in [3.63, 3.8) is 0 Å². The summed E-state index contributed by atoms with van der Waals surface area (Å²) in [6.07, 6.45) is 3.63. The van der Waals surface area contributed by atoms with Gasteiger partial charge in [-0.25, -0.2) is 9.50 Å². The van der Waals surface area contributed by atoms with Crippen LogP contribution in [0.3, 0.4) is 0 Å². The van der Waals surface area contributed by atoms with E-state index in [1.54, 1.807) is 18.0 Å². The van der Waals surface area contributed by atoms with Gasteiger partial charge in [0.2, 0.25) is 0 Å². The van der Waals surface area contributed by atoms with E-state index >= 15 is 0 Å². The Kier molecular flexibility index (Phi) is 4.66. The van der Waals surface area contributed by atoms with Crippen LogP contribution in [0.4, 0.5) is 0 Å². The van der Waals surface area contributed by atoms with Crippen LogP contribution in [0.15, 0.2) is 72.0 Å².